The third-order valence-corrected chi connectivity index (χ3v) is 2.22. The zero-order valence-corrected chi connectivity index (χ0v) is 8.38. The highest BCUT2D eigenvalue weighted by Crippen LogP contribution is 2.06. The molecule has 0 radical (unpaired) electrons. The van der Waals surface area contributed by atoms with Crippen molar-refractivity contribution < 1.29 is 0 Å². The number of benzene rings is 1. The molecule has 1 atom stereocenters. The van der Waals surface area contributed by atoms with Gasteiger partial charge in [-0.1, -0.05) is 19.1 Å². The minimum atomic E-state index is 0.571. The highest BCUT2D eigenvalue weighted by atomic mass is 14.9. The molecule has 0 saturated carbocycles. The predicted molar refractivity (Wildman–Crippen MR) is 57.4 cm³/mol. The van der Waals surface area contributed by atoms with Gasteiger partial charge in [-0.3, -0.25) is 0 Å². The van der Waals surface area contributed by atoms with Crippen LogP contribution in [0.5, 0.6) is 0 Å². The fourth-order valence-electron chi connectivity index (χ4n) is 1.14. The van der Waals surface area contributed by atoms with Gasteiger partial charge in [-0.15, -0.1) is 0 Å². The molecule has 0 amide bonds. The summed E-state index contributed by atoms with van der Waals surface area (Å²) in [6.45, 7) is 5.27. The first-order valence-corrected chi connectivity index (χ1v) is 4.80. The second-order valence-corrected chi connectivity index (χ2v) is 3.44. The summed E-state index contributed by atoms with van der Waals surface area (Å²) in [6, 6.07) is 8.57. The molecule has 0 aliphatic rings. The van der Waals surface area contributed by atoms with Crippen LogP contribution in [0.15, 0.2) is 24.3 Å². The molecule has 3 N–H and O–H groups in total. The fraction of sp³-hybridized carbons (Fsp3) is 0.455. The summed E-state index contributed by atoms with van der Waals surface area (Å²) in [7, 11) is 0. The van der Waals surface area contributed by atoms with E-state index in [1.54, 1.807) is 0 Å². The number of nitrogens with two attached hydrogens (primary N) is 1. The maximum absolute atomic E-state index is 5.67. The highest BCUT2D eigenvalue weighted by Gasteiger charge is 1.97. The van der Waals surface area contributed by atoms with E-state index in [-0.39, 0.29) is 0 Å². The molecule has 0 aliphatic heterocycles. The Morgan fingerprint density at radius 1 is 1.46 bits per heavy atom. The topological polar surface area (TPSA) is 38.0 Å². The normalized spacial score (nSPS) is 12.8. The van der Waals surface area contributed by atoms with Gasteiger partial charge in [-0.2, -0.15) is 0 Å². The largest absolute Gasteiger partial charge is 0.399 e. The van der Waals surface area contributed by atoms with Crippen molar-refractivity contribution in [3.63, 3.8) is 0 Å². The second kappa shape index (κ2) is 4.87. The zero-order chi connectivity index (χ0) is 9.68. The lowest BCUT2D eigenvalue weighted by Gasteiger charge is -2.11. The quantitative estimate of drug-likeness (QED) is 0.693. The lowest BCUT2D eigenvalue weighted by molar-refractivity contribution is 0.534. The Kier molecular flexibility index (Phi) is 3.77. The van der Waals surface area contributed by atoms with E-state index >= 15 is 0 Å². The third-order valence-electron chi connectivity index (χ3n) is 2.22. The van der Waals surface area contributed by atoms with Gasteiger partial charge in [-0.05, 0) is 31.0 Å². The predicted octanol–water partition coefficient (Wildman–Crippen LogP) is 2.16. The lowest BCUT2D eigenvalue weighted by atomic mass is 10.2. The van der Waals surface area contributed by atoms with Gasteiger partial charge in [0.1, 0.15) is 0 Å². The van der Waals surface area contributed by atoms with Gasteiger partial charge >= 0.3 is 0 Å². The Labute approximate surface area is 80.1 Å². The molecule has 1 rings (SSSR count). The van der Waals surface area contributed by atoms with E-state index in [0.29, 0.717) is 6.04 Å². The molecule has 0 spiro atoms. The number of hydrogen-bond donors (Lipinski definition) is 2. The summed E-state index contributed by atoms with van der Waals surface area (Å²) < 4.78 is 0. The second-order valence-electron chi connectivity index (χ2n) is 3.44. The molecule has 0 fully saturated rings. The SMILES string of the molecule is CCC(C)NCc1cccc(N)c1. The van der Waals surface area contributed by atoms with E-state index in [9.17, 15) is 0 Å². The lowest BCUT2D eigenvalue weighted by Crippen LogP contribution is -2.24. The molecular formula is C11H18N2. The molecule has 2 nitrogen and oxygen atoms in total. The minimum absolute atomic E-state index is 0.571. The van der Waals surface area contributed by atoms with Crippen molar-refractivity contribution in [2.75, 3.05) is 5.73 Å². The van der Waals surface area contributed by atoms with Crippen LogP contribution in [0.3, 0.4) is 0 Å². The van der Waals surface area contributed by atoms with Crippen LogP contribution in [-0.4, -0.2) is 6.04 Å². The number of nitrogens with one attached hydrogen (secondary N) is 1. The van der Waals surface area contributed by atoms with Crippen molar-refractivity contribution in [1.29, 1.82) is 0 Å². The summed E-state index contributed by atoms with van der Waals surface area (Å²) in [6.07, 6.45) is 1.16. The van der Waals surface area contributed by atoms with Crippen molar-refractivity contribution in [1.82, 2.24) is 5.32 Å². The van der Waals surface area contributed by atoms with Crippen LogP contribution in [0.2, 0.25) is 0 Å². The van der Waals surface area contributed by atoms with Crippen LogP contribution in [-0.2, 0) is 6.54 Å². The van der Waals surface area contributed by atoms with E-state index in [1.165, 1.54) is 5.56 Å². The molecule has 1 unspecified atom stereocenters. The molecule has 1 aromatic rings. The Hall–Kier alpha value is -1.02. The zero-order valence-electron chi connectivity index (χ0n) is 8.38. The molecule has 0 saturated heterocycles. The van der Waals surface area contributed by atoms with Gasteiger partial charge in [0.05, 0.1) is 0 Å². The van der Waals surface area contributed by atoms with E-state index in [1.807, 2.05) is 18.2 Å². The van der Waals surface area contributed by atoms with Crippen molar-refractivity contribution in [2.45, 2.75) is 32.9 Å². The summed E-state index contributed by atoms with van der Waals surface area (Å²) in [5, 5.41) is 3.42. The first kappa shape index (κ1) is 10.1. The molecule has 13 heavy (non-hydrogen) atoms. The van der Waals surface area contributed by atoms with Crippen molar-refractivity contribution in [3.05, 3.63) is 29.8 Å². The Morgan fingerprint density at radius 3 is 2.85 bits per heavy atom. The molecular weight excluding hydrogens is 160 g/mol. The summed E-state index contributed by atoms with van der Waals surface area (Å²) in [5.74, 6) is 0. The molecule has 1 aromatic carbocycles. The smallest absolute Gasteiger partial charge is 0.0317 e. The van der Waals surface area contributed by atoms with E-state index in [2.05, 4.69) is 25.2 Å². The monoisotopic (exact) mass is 178 g/mol. The van der Waals surface area contributed by atoms with E-state index < -0.39 is 0 Å². The van der Waals surface area contributed by atoms with E-state index in [0.717, 1.165) is 18.7 Å². The molecule has 0 bridgehead atoms. The van der Waals surface area contributed by atoms with Gasteiger partial charge < -0.3 is 11.1 Å². The number of hydrogen-bond acceptors (Lipinski definition) is 2. The van der Waals surface area contributed by atoms with Crippen LogP contribution >= 0.6 is 0 Å². The van der Waals surface area contributed by atoms with Gasteiger partial charge in [0.15, 0.2) is 0 Å². The molecule has 72 valence electrons. The van der Waals surface area contributed by atoms with Crippen LogP contribution in [0, 0.1) is 0 Å². The molecule has 0 aliphatic carbocycles. The maximum Gasteiger partial charge on any atom is 0.0317 e. The van der Waals surface area contributed by atoms with Crippen LogP contribution < -0.4 is 11.1 Å². The van der Waals surface area contributed by atoms with Crippen molar-refractivity contribution >= 4 is 5.69 Å². The Balaban J connectivity index is 2.45. The highest BCUT2D eigenvalue weighted by molar-refractivity contribution is 5.40. The van der Waals surface area contributed by atoms with Crippen LogP contribution in [0.25, 0.3) is 0 Å². The van der Waals surface area contributed by atoms with Gasteiger partial charge in [0, 0.05) is 18.3 Å². The first-order chi connectivity index (χ1) is 6.22. The molecule has 2 heteroatoms. The average molecular weight is 178 g/mol. The fourth-order valence-corrected chi connectivity index (χ4v) is 1.14. The maximum atomic E-state index is 5.67. The Bertz CT molecular complexity index is 258. The summed E-state index contributed by atoms with van der Waals surface area (Å²) in [4.78, 5) is 0. The average Bonchev–Trinajstić information content (AvgIpc) is 2.14. The van der Waals surface area contributed by atoms with Gasteiger partial charge in [-0.25, -0.2) is 0 Å². The Morgan fingerprint density at radius 2 is 2.23 bits per heavy atom. The summed E-state index contributed by atoms with van der Waals surface area (Å²) >= 11 is 0. The van der Waals surface area contributed by atoms with Crippen molar-refractivity contribution in [2.24, 2.45) is 0 Å². The van der Waals surface area contributed by atoms with Gasteiger partial charge in [0.2, 0.25) is 0 Å². The van der Waals surface area contributed by atoms with Crippen LogP contribution in [0.4, 0.5) is 5.69 Å². The third kappa shape index (κ3) is 3.47. The minimum Gasteiger partial charge on any atom is -0.399 e. The number of anilines is 1. The van der Waals surface area contributed by atoms with Crippen molar-refractivity contribution in [3.8, 4) is 0 Å². The van der Waals surface area contributed by atoms with Crippen LogP contribution in [0.1, 0.15) is 25.8 Å². The molecule has 0 heterocycles. The standard InChI is InChI=1S/C11H18N2/c1-3-9(2)13-8-10-5-4-6-11(12)7-10/h4-7,9,13H,3,8,12H2,1-2H3. The van der Waals surface area contributed by atoms with Gasteiger partial charge in [0.25, 0.3) is 0 Å². The first-order valence-electron chi connectivity index (χ1n) is 4.80. The number of nitrogen functional groups attached to an aromatic ring is 1. The summed E-state index contributed by atoms with van der Waals surface area (Å²) in [5.41, 5.74) is 7.76. The number of rotatable bonds is 4. The van der Waals surface area contributed by atoms with E-state index in [4.69, 9.17) is 5.73 Å². The molecule has 0 aromatic heterocycles.